The van der Waals surface area contributed by atoms with Crippen molar-refractivity contribution in [1.29, 1.82) is 0 Å². The van der Waals surface area contributed by atoms with Crippen molar-refractivity contribution in [1.82, 2.24) is 10.3 Å². The molecule has 4 nitrogen and oxygen atoms in total. The minimum Gasteiger partial charge on any atom is -0.480 e. The van der Waals surface area contributed by atoms with Gasteiger partial charge in [-0.1, -0.05) is 0 Å². The molecule has 12 heavy (non-hydrogen) atoms. The van der Waals surface area contributed by atoms with Crippen LogP contribution >= 0.6 is 11.3 Å². The number of nitrogens with one attached hydrogen (secondary N) is 1. The van der Waals surface area contributed by atoms with Crippen molar-refractivity contribution in [3.8, 4) is 0 Å². The van der Waals surface area contributed by atoms with E-state index in [2.05, 4.69) is 10.3 Å². The number of aromatic nitrogens is 1. The van der Waals surface area contributed by atoms with Gasteiger partial charge in [0.1, 0.15) is 6.04 Å². The minimum absolute atomic E-state index is 0.627. The third-order valence-corrected chi connectivity index (χ3v) is 2.58. The standard InChI is InChI=1S/C7H10N2O2S/c1-4-6(12-3-9-4)5(8-2)7(10)11/h3,5,8H,1-2H3,(H,10,11). The van der Waals surface area contributed by atoms with Gasteiger partial charge in [-0.15, -0.1) is 11.3 Å². The van der Waals surface area contributed by atoms with Crippen molar-refractivity contribution in [3.05, 3.63) is 16.1 Å². The summed E-state index contributed by atoms with van der Waals surface area (Å²) in [4.78, 5) is 15.4. The van der Waals surface area contributed by atoms with Crippen LogP contribution in [0.3, 0.4) is 0 Å². The van der Waals surface area contributed by atoms with Gasteiger partial charge in [-0.05, 0) is 14.0 Å². The van der Waals surface area contributed by atoms with Crippen LogP contribution in [-0.4, -0.2) is 23.1 Å². The van der Waals surface area contributed by atoms with Gasteiger partial charge in [-0.2, -0.15) is 0 Å². The lowest BCUT2D eigenvalue weighted by atomic mass is 10.2. The van der Waals surface area contributed by atoms with E-state index in [1.807, 2.05) is 0 Å². The maximum atomic E-state index is 10.7. The average molecular weight is 186 g/mol. The molecule has 1 rings (SSSR count). The van der Waals surface area contributed by atoms with E-state index in [0.29, 0.717) is 0 Å². The first-order chi connectivity index (χ1) is 5.66. The Hall–Kier alpha value is -0.940. The Kier molecular flexibility index (Phi) is 2.78. The molecule has 1 aromatic rings. The fourth-order valence-corrected chi connectivity index (χ4v) is 1.86. The lowest BCUT2D eigenvalue weighted by Gasteiger charge is -2.08. The Balaban J connectivity index is 2.94. The number of thiazole rings is 1. The molecule has 0 aliphatic heterocycles. The van der Waals surface area contributed by atoms with Crippen LogP contribution in [0, 0.1) is 6.92 Å². The first-order valence-corrected chi connectivity index (χ1v) is 4.35. The van der Waals surface area contributed by atoms with Gasteiger partial charge in [0.2, 0.25) is 0 Å². The molecular formula is C7H10N2O2S. The van der Waals surface area contributed by atoms with Crippen LogP contribution < -0.4 is 5.32 Å². The second kappa shape index (κ2) is 3.64. The molecule has 0 aliphatic carbocycles. The molecule has 1 unspecified atom stereocenters. The minimum atomic E-state index is -0.871. The largest absolute Gasteiger partial charge is 0.480 e. The zero-order valence-electron chi connectivity index (χ0n) is 6.87. The van der Waals surface area contributed by atoms with Gasteiger partial charge < -0.3 is 10.4 Å². The molecule has 0 aromatic carbocycles. The van der Waals surface area contributed by atoms with Crippen LogP contribution in [-0.2, 0) is 4.79 Å². The van der Waals surface area contributed by atoms with Crippen LogP contribution in [0.5, 0.6) is 0 Å². The van der Waals surface area contributed by atoms with Crippen LogP contribution in [0.15, 0.2) is 5.51 Å². The first-order valence-electron chi connectivity index (χ1n) is 3.47. The highest BCUT2D eigenvalue weighted by Crippen LogP contribution is 2.21. The fourth-order valence-electron chi connectivity index (χ4n) is 0.955. The molecular weight excluding hydrogens is 176 g/mol. The number of aryl methyl sites for hydroxylation is 1. The molecule has 1 atom stereocenters. The average Bonchev–Trinajstić information content (AvgIpc) is 2.38. The highest BCUT2D eigenvalue weighted by molar-refractivity contribution is 7.10. The van der Waals surface area contributed by atoms with E-state index in [1.54, 1.807) is 19.5 Å². The number of likely N-dealkylation sites (N-methyl/N-ethyl adjacent to an activating group) is 1. The summed E-state index contributed by atoms with van der Waals surface area (Å²) in [6, 6.07) is -0.627. The van der Waals surface area contributed by atoms with Crippen LogP contribution in [0.1, 0.15) is 16.6 Å². The molecule has 0 saturated heterocycles. The Morgan fingerprint density at radius 3 is 2.83 bits per heavy atom. The molecule has 0 bridgehead atoms. The van der Waals surface area contributed by atoms with Gasteiger partial charge >= 0.3 is 5.97 Å². The Morgan fingerprint density at radius 2 is 2.50 bits per heavy atom. The number of hydrogen-bond donors (Lipinski definition) is 2. The maximum Gasteiger partial charge on any atom is 0.326 e. The van der Waals surface area contributed by atoms with Crippen LogP contribution in [0.2, 0.25) is 0 Å². The van der Waals surface area contributed by atoms with Crippen molar-refractivity contribution in [3.63, 3.8) is 0 Å². The highest BCUT2D eigenvalue weighted by atomic mass is 32.1. The number of rotatable bonds is 3. The van der Waals surface area contributed by atoms with Crippen molar-refractivity contribution in [2.24, 2.45) is 0 Å². The van der Waals surface area contributed by atoms with E-state index in [0.717, 1.165) is 10.6 Å². The molecule has 0 fully saturated rings. The molecule has 0 amide bonds. The quantitative estimate of drug-likeness (QED) is 0.732. The third kappa shape index (κ3) is 1.62. The van der Waals surface area contributed by atoms with Gasteiger partial charge in [0.25, 0.3) is 0 Å². The fraction of sp³-hybridized carbons (Fsp3) is 0.429. The highest BCUT2D eigenvalue weighted by Gasteiger charge is 2.20. The summed E-state index contributed by atoms with van der Waals surface area (Å²) in [5, 5.41) is 11.5. The summed E-state index contributed by atoms with van der Waals surface area (Å²) < 4.78 is 0. The second-order valence-electron chi connectivity index (χ2n) is 2.36. The predicted octanol–water partition coefficient (Wildman–Crippen LogP) is 0.797. The van der Waals surface area contributed by atoms with Crippen molar-refractivity contribution >= 4 is 17.3 Å². The summed E-state index contributed by atoms with van der Waals surface area (Å²) in [6.45, 7) is 1.80. The normalized spacial score (nSPS) is 12.8. The van der Waals surface area contributed by atoms with E-state index in [-0.39, 0.29) is 0 Å². The van der Waals surface area contributed by atoms with Crippen LogP contribution in [0.4, 0.5) is 0 Å². The second-order valence-corrected chi connectivity index (χ2v) is 3.25. The monoisotopic (exact) mass is 186 g/mol. The van der Waals surface area contributed by atoms with Crippen molar-refractivity contribution in [2.45, 2.75) is 13.0 Å². The summed E-state index contributed by atoms with van der Waals surface area (Å²) in [5.74, 6) is -0.871. The van der Waals surface area contributed by atoms with Gasteiger partial charge in [-0.25, -0.2) is 4.98 Å². The molecule has 0 aliphatic rings. The zero-order valence-corrected chi connectivity index (χ0v) is 7.68. The molecule has 1 aromatic heterocycles. The SMILES string of the molecule is CNC(C(=O)O)c1scnc1C. The summed E-state index contributed by atoms with van der Waals surface area (Å²) in [5.41, 5.74) is 2.43. The Morgan fingerprint density at radius 1 is 1.83 bits per heavy atom. The number of hydrogen-bond acceptors (Lipinski definition) is 4. The van der Waals surface area contributed by atoms with E-state index >= 15 is 0 Å². The number of nitrogens with zero attached hydrogens (tertiary/aromatic N) is 1. The number of carboxylic acid groups (broad SMARTS) is 1. The number of aliphatic carboxylic acids is 1. The third-order valence-electron chi connectivity index (χ3n) is 1.58. The first kappa shape index (κ1) is 9.15. The summed E-state index contributed by atoms with van der Waals surface area (Å²) in [6.07, 6.45) is 0. The lowest BCUT2D eigenvalue weighted by molar-refractivity contribution is -0.139. The van der Waals surface area contributed by atoms with E-state index in [9.17, 15) is 4.79 Å². The summed E-state index contributed by atoms with van der Waals surface area (Å²) >= 11 is 1.36. The molecule has 2 N–H and O–H groups in total. The molecule has 1 heterocycles. The van der Waals surface area contributed by atoms with E-state index in [1.165, 1.54) is 11.3 Å². The van der Waals surface area contributed by atoms with Crippen molar-refractivity contribution < 1.29 is 9.90 Å². The number of carbonyl (C=O) groups is 1. The van der Waals surface area contributed by atoms with Gasteiger partial charge in [0, 0.05) is 0 Å². The zero-order chi connectivity index (χ0) is 9.14. The van der Waals surface area contributed by atoms with Gasteiger partial charge in [-0.3, -0.25) is 4.79 Å². The topological polar surface area (TPSA) is 62.2 Å². The number of carboxylic acids is 1. The summed E-state index contributed by atoms with van der Waals surface area (Å²) in [7, 11) is 1.62. The van der Waals surface area contributed by atoms with Crippen LogP contribution in [0.25, 0.3) is 0 Å². The Labute approximate surface area is 74.3 Å². The van der Waals surface area contributed by atoms with E-state index < -0.39 is 12.0 Å². The predicted molar refractivity (Wildman–Crippen MR) is 46.3 cm³/mol. The molecule has 0 spiro atoms. The maximum absolute atomic E-state index is 10.7. The van der Waals surface area contributed by atoms with E-state index in [4.69, 9.17) is 5.11 Å². The lowest BCUT2D eigenvalue weighted by Crippen LogP contribution is -2.24. The van der Waals surface area contributed by atoms with Crippen molar-refractivity contribution in [2.75, 3.05) is 7.05 Å². The Bertz CT molecular complexity index is 285. The van der Waals surface area contributed by atoms with Gasteiger partial charge in [0.05, 0.1) is 16.1 Å². The molecule has 5 heteroatoms. The molecule has 0 radical (unpaired) electrons. The van der Waals surface area contributed by atoms with Gasteiger partial charge in [0.15, 0.2) is 0 Å². The molecule has 66 valence electrons. The smallest absolute Gasteiger partial charge is 0.326 e. The molecule has 0 saturated carbocycles.